The molecule has 9 heteroatoms. The van der Waals surface area contributed by atoms with Gasteiger partial charge in [0.15, 0.2) is 0 Å². The Bertz CT molecular complexity index is 1010. The number of hydrogen-bond donors (Lipinski definition) is 2. The molecule has 38 heavy (non-hydrogen) atoms. The minimum absolute atomic E-state index is 0.0462. The molecule has 0 aliphatic carbocycles. The third kappa shape index (κ3) is 10.8. The Balaban J connectivity index is 0.000000413. The normalized spacial score (nSPS) is 15.5. The first-order valence-corrected chi connectivity index (χ1v) is 15.1. The van der Waals surface area contributed by atoms with Gasteiger partial charge < -0.3 is 15.5 Å². The molecule has 2 atom stereocenters. The summed E-state index contributed by atoms with van der Waals surface area (Å²) in [5, 5.41) is 6.44. The maximum atomic E-state index is 12.2. The Morgan fingerprint density at radius 3 is 2.34 bits per heavy atom. The SMILES string of the molecule is CC.CC(=O)NC(C)C(C)(C)SC(C)C.Cc1ncsc1-c1ccc(CNC(=O)C2CCCN2C=O)cc1. The summed E-state index contributed by atoms with van der Waals surface area (Å²) in [5.41, 5.74) is 5.06. The average molecular weight is 563 g/mol. The molecule has 2 heterocycles. The van der Waals surface area contributed by atoms with Gasteiger partial charge in [-0.25, -0.2) is 4.98 Å². The van der Waals surface area contributed by atoms with Gasteiger partial charge in [-0.2, -0.15) is 11.8 Å². The van der Waals surface area contributed by atoms with E-state index in [0.717, 1.165) is 36.1 Å². The van der Waals surface area contributed by atoms with E-state index in [0.29, 0.717) is 18.3 Å². The van der Waals surface area contributed by atoms with Crippen LogP contribution in [0.3, 0.4) is 0 Å². The maximum absolute atomic E-state index is 12.2. The monoisotopic (exact) mass is 562 g/mol. The van der Waals surface area contributed by atoms with Gasteiger partial charge in [0.05, 0.1) is 16.1 Å². The van der Waals surface area contributed by atoms with E-state index >= 15 is 0 Å². The number of benzene rings is 1. The van der Waals surface area contributed by atoms with E-state index in [1.807, 2.05) is 50.2 Å². The largest absolute Gasteiger partial charge is 0.353 e. The summed E-state index contributed by atoms with van der Waals surface area (Å²) in [6.07, 6.45) is 2.40. The van der Waals surface area contributed by atoms with Crippen LogP contribution in [-0.2, 0) is 20.9 Å². The first-order chi connectivity index (χ1) is 17.9. The lowest BCUT2D eigenvalue weighted by Crippen LogP contribution is -2.45. The number of aryl methyl sites for hydroxylation is 1. The second-order valence-corrected chi connectivity index (χ2v) is 13.0. The van der Waals surface area contributed by atoms with Gasteiger partial charge in [-0.15, -0.1) is 11.3 Å². The zero-order valence-corrected chi connectivity index (χ0v) is 26.1. The van der Waals surface area contributed by atoms with Crippen molar-refractivity contribution in [3.63, 3.8) is 0 Å². The van der Waals surface area contributed by atoms with E-state index in [1.54, 1.807) is 23.2 Å². The molecule has 3 amide bonds. The molecule has 3 rings (SSSR count). The quantitative estimate of drug-likeness (QED) is 0.376. The van der Waals surface area contributed by atoms with Crippen LogP contribution in [-0.4, -0.2) is 56.7 Å². The molecule has 1 saturated heterocycles. The molecule has 212 valence electrons. The van der Waals surface area contributed by atoms with Crippen LogP contribution >= 0.6 is 23.1 Å². The summed E-state index contributed by atoms with van der Waals surface area (Å²) < 4.78 is 0.0971. The smallest absolute Gasteiger partial charge is 0.243 e. The number of amides is 3. The van der Waals surface area contributed by atoms with Crippen molar-refractivity contribution in [3.05, 3.63) is 41.0 Å². The molecule has 2 aromatic rings. The minimum Gasteiger partial charge on any atom is -0.353 e. The number of nitrogens with one attached hydrogen (secondary N) is 2. The first-order valence-electron chi connectivity index (χ1n) is 13.4. The van der Waals surface area contributed by atoms with Crippen LogP contribution in [0.4, 0.5) is 0 Å². The van der Waals surface area contributed by atoms with Gasteiger partial charge in [-0.3, -0.25) is 14.4 Å². The lowest BCUT2D eigenvalue weighted by atomic mass is 10.1. The fraction of sp³-hybridized carbons (Fsp3) is 0.586. The molecule has 1 aromatic heterocycles. The summed E-state index contributed by atoms with van der Waals surface area (Å²) in [5.74, 6) is -0.0260. The van der Waals surface area contributed by atoms with Gasteiger partial charge in [-0.05, 0) is 56.9 Å². The summed E-state index contributed by atoms with van der Waals surface area (Å²) in [6.45, 7) is 19.4. The van der Waals surface area contributed by atoms with E-state index in [2.05, 4.69) is 62.4 Å². The molecule has 0 saturated carbocycles. The van der Waals surface area contributed by atoms with Gasteiger partial charge in [0.2, 0.25) is 18.2 Å². The second kappa shape index (κ2) is 16.5. The Kier molecular flexibility index (Phi) is 14.6. The van der Waals surface area contributed by atoms with Crippen molar-refractivity contribution in [1.29, 1.82) is 0 Å². The molecule has 1 fully saturated rings. The predicted molar refractivity (Wildman–Crippen MR) is 161 cm³/mol. The summed E-state index contributed by atoms with van der Waals surface area (Å²) in [6, 6.07) is 8.02. The van der Waals surface area contributed by atoms with Gasteiger partial charge in [-0.1, -0.05) is 52.0 Å². The van der Waals surface area contributed by atoms with Crippen LogP contribution in [0.1, 0.15) is 79.5 Å². The molecule has 7 nitrogen and oxygen atoms in total. The molecule has 1 aromatic carbocycles. The molecule has 1 aliphatic rings. The van der Waals surface area contributed by atoms with Crippen molar-refractivity contribution in [2.24, 2.45) is 0 Å². The van der Waals surface area contributed by atoms with Crippen LogP contribution in [0.25, 0.3) is 10.4 Å². The van der Waals surface area contributed by atoms with Crippen molar-refractivity contribution < 1.29 is 14.4 Å². The van der Waals surface area contributed by atoms with Crippen molar-refractivity contribution >= 4 is 41.3 Å². The minimum atomic E-state index is -0.313. The van der Waals surface area contributed by atoms with Gasteiger partial charge in [0.25, 0.3) is 0 Å². The Labute approximate surface area is 237 Å². The first kappa shape index (κ1) is 33.6. The fourth-order valence-electron chi connectivity index (χ4n) is 4.04. The second-order valence-electron chi connectivity index (χ2n) is 9.88. The van der Waals surface area contributed by atoms with Gasteiger partial charge in [0.1, 0.15) is 6.04 Å². The van der Waals surface area contributed by atoms with Gasteiger partial charge in [0, 0.05) is 30.8 Å². The molecular formula is C29H46N4O3S2. The standard InChI is InChI=1S/C17H19N3O2S.C10H21NOS.C2H6/c1-12-16(23-10-19-12)14-6-4-13(5-7-14)9-18-17(22)15-3-2-8-20(15)11-21;1-7(2)13-10(5,6)8(3)11-9(4)12;1-2/h4-7,10-11,15H,2-3,8-9H2,1H3,(H,18,22);7-8H,1-6H3,(H,11,12);1-2H3. The summed E-state index contributed by atoms with van der Waals surface area (Å²) >= 11 is 3.52. The van der Waals surface area contributed by atoms with Crippen LogP contribution < -0.4 is 10.6 Å². The number of thiazole rings is 1. The van der Waals surface area contributed by atoms with Crippen molar-refractivity contribution in [3.8, 4) is 10.4 Å². The number of carbonyl (C=O) groups is 3. The molecule has 0 spiro atoms. The van der Waals surface area contributed by atoms with Crippen molar-refractivity contribution in [2.45, 2.75) is 104 Å². The van der Waals surface area contributed by atoms with Crippen LogP contribution in [0.5, 0.6) is 0 Å². The highest BCUT2D eigenvalue weighted by Gasteiger charge is 2.29. The molecule has 1 aliphatic heterocycles. The van der Waals surface area contributed by atoms with Gasteiger partial charge >= 0.3 is 0 Å². The highest BCUT2D eigenvalue weighted by molar-refractivity contribution is 8.01. The zero-order valence-electron chi connectivity index (χ0n) is 24.5. The number of likely N-dealkylation sites (tertiary alicyclic amines) is 1. The predicted octanol–water partition coefficient (Wildman–Crippen LogP) is 5.81. The fourth-order valence-corrected chi connectivity index (χ4v) is 6.33. The van der Waals surface area contributed by atoms with Crippen molar-refractivity contribution in [1.82, 2.24) is 20.5 Å². The zero-order chi connectivity index (χ0) is 28.9. The number of nitrogens with zero attached hydrogens (tertiary/aromatic N) is 2. The molecule has 0 bridgehead atoms. The third-order valence-corrected chi connectivity index (χ3v) is 8.57. The Morgan fingerprint density at radius 2 is 1.84 bits per heavy atom. The third-order valence-electron chi connectivity index (χ3n) is 6.16. The highest BCUT2D eigenvalue weighted by Crippen LogP contribution is 2.31. The van der Waals surface area contributed by atoms with Crippen LogP contribution in [0.2, 0.25) is 0 Å². The lowest BCUT2D eigenvalue weighted by molar-refractivity contribution is -0.131. The molecule has 2 unspecified atom stereocenters. The molecular weight excluding hydrogens is 516 g/mol. The Morgan fingerprint density at radius 1 is 1.21 bits per heavy atom. The number of rotatable bonds is 9. The van der Waals surface area contributed by atoms with Crippen molar-refractivity contribution in [2.75, 3.05) is 6.54 Å². The number of hydrogen-bond acceptors (Lipinski definition) is 6. The average Bonchev–Trinajstić information content (AvgIpc) is 3.52. The Hall–Kier alpha value is -2.39. The van der Waals surface area contributed by atoms with E-state index in [9.17, 15) is 14.4 Å². The van der Waals surface area contributed by atoms with Crippen LogP contribution in [0, 0.1) is 6.92 Å². The van der Waals surface area contributed by atoms with E-state index in [4.69, 9.17) is 0 Å². The number of aromatic nitrogens is 1. The topological polar surface area (TPSA) is 91.4 Å². The number of thioether (sulfide) groups is 1. The highest BCUT2D eigenvalue weighted by atomic mass is 32.2. The molecule has 2 N–H and O–H groups in total. The van der Waals surface area contributed by atoms with E-state index in [-0.39, 0.29) is 28.6 Å². The van der Waals surface area contributed by atoms with Crippen LogP contribution in [0.15, 0.2) is 29.8 Å². The molecule has 0 radical (unpaired) electrons. The summed E-state index contributed by atoms with van der Waals surface area (Å²) in [7, 11) is 0. The van der Waals surface area contributed by atoms with E-state index in [1.165, 1.54) is 4.88 Å². The maximum Gasteiger partial charge on any atom is 0.243 e. The lowest BCUT2D eigenvalue weighted by Gasteiger charge is -2.33. The summed E-state index contributed by atoms with van der Waals surface area (Å²) in [4.78, 5) is 41.0. The van der Waals surface area contributed by atoms with E-state index < -0.39 is 0 Å². The number of carbonyl (C=O) groups excluding carboxylic acids is 3.